The van der Waals surface area contributed by atoms with E-state index in [9.17, 15) is 36.3 Å². The van der Waals surface area contributed by atoms with Crippen molar-refractivity contribution in [3.8, 4) is 11.3 Å². The van der Waals surface area contributed by atoms with Crippen LogP contribution < -0.4 is 5.32 Å². The number of fused-ring (bicyclic) bond motifs is 2. The second-order valence-corrected chi connectivity index (χ2v) is 16.0. The molecule has 4 aromatic heterocycles. The van der Waals surface area contributed by atoms with Gasteiger partial charge in [-0.1, -0.05) is 30.3 Å². The largest absolute Gasteiger partial charge is 0.445 e. The molecule has 1 fully saturated rings. The molecule has 0 spiro atoms. The van der Waals surface area contributed by atoms with E-state index in [1.165, 1.54) is 41.8 Å². The average molecular weight is 881 g/mol. The van der Waals surface area contributed by atoms with E-state index in [0.717, 1.165) is 34.1 Å². The fourth-order valence-corrected chi connectivity index (χ4v) is 8.02. The van der Waals surface area contributed by atoms with Crippen molar-refractivity contribution < 1.29 is 49.9 Å². The molecule has 1 saturated heterocycles. The van der Waals surface area contributed by atoms with Crippen molar-refractivity contribution in [1.29, 1.82) is 0 Å². The number of hydrogen-bond donors (Lipinski definition) is 1. The summed E-state index contributed by atoms with van der Waals surface area (Å²) in [7, 11) is 1.61. The zero-order valence-electron chi connectivity index (χ0n) is 33.9. The molecule has 3 amide bonds. The molecule has 0 radical (unpaired) electrons. The van der Waals surface area contributed by atoms with Crippen LogP contribution in [0.5, 0.6) is 0 Å². The highest BCUT2D eigenvalue weighted by molar-refractivity contribution is 6.01. The number of nitrogens with one attached hydrogen (secondary N) is 1. The number of benzene rings is 2. The van der Waals surface area contributed by atoms with Crippen molar-refractivity contribution in [3.05, 3.63) is 118 Å². The van der Waals surface area contributed by atoms with E-state index in [4.69, 9.17) is 4.74 Å². The molecule has 8 rings (SSSR count). The van der Waals surface area contributed by atoms with Gasteiger partial charge in [0.05, 0.1) is 47.3 Å². The Hall–Kier alpha value is -6.80. The summed E-state index contributed by atoms with van der Waals surface area (Å²) < 4.78 is 109. The molecule has 63 heavy (non-hydrogen) atoms. The van der Waals surface area contributed by atoms with Crippen LogP contribution in [0, 0.1) is 11.6 Å². The van der Waals surface area contributed by atoms with Gasteiger partial charge in [0.1, 0.15) is 29.7 Å². The van der Waals surface area contributed by atoms with Crippen molar-refractivity contribution in [3.63, 3.8) is 0 Å². The second-order valence-electron chi connectivity index (χ2n) is 16.0. The van der Waals surface area contributed by atoms with E-state index in [0.29, 0.717) is 27.7 Å². The number of aryl methyl sites for hydroxylation is 1. The molecule has 2 aliphatic heterocycles. The minimum Gasteiger partial charge on any atom is -0.445 e. The second kappa shape index (κ2) is 16.5. The van der Waals surface area contributed by atoms with Crippen molar-refractivity contribution in [2.24, 2.45) is 7.05 Å². The van der Waals surface area contributed by atoms with Gasteiger partial charge in [-0.3, -0.25) is 23.9 Å². The number of rotatable bonds is 12. The number of ether oxygens (including phenoxy) is 1. The Balaban J connectivity index is 1.07. The van der Waals surface area contributed by atoms with Gasteiger partial charge in [-0.2, -0.15) is 37.2 Å². The molecule has 0 aliphatic carbocycles. The van der Waals surface area contributed by atoms with Gasteiger partial charge >= 0.3 is 18.8 Å². The van der Waals surface area contributed by atoms with Crippen LogP contribution in [0.4, 0.5) is 35.5 Å². The molecule has 1 N–H and O–H groups in total. The van der Waals surface area contributed by atoms with Crippen LogP contribution in [0.1, 0.15) is 71.3 Å². The highest BCUT2D eigenvalue weighted by Crippen LogP contribution is 2.39. The summed E-state index contributed by atoms with van der Waals surface area (Å²) in [6.45, 7) is -0.451. The Kier molecular flexibility index (Phi) is 11.2. The SMILES string of the molecule is Cn1ncc2nc(-c3ccc(F)c4c3CCN([C@H](Cc3cnn(C(F)F)c3)C(=O)NC(C)(C)Cn3nc(C(F)(F)F)cc3C3CCN3C(=O)OCc3ccccc3)C4=O)c(F)cc21. The zero-order chi connectivity index (χ0) is 45.0. The number of halogens is 7. The van der Waals surface area contributed by atoms with E-state index in [1.807, 2.05) is 0 Å². The molecule has 14 nitrogen and oxygen atoms in total. The molecule has 6 aromatic rings. The lowest BCUT2D eigenvalue weighted by atomic mass is 9.90. The third-order valence-electron chi connectivity index (χ3n) is 11.2. The van der Waals surface area contributed by atoms with Crippen LogP contribution in [0.3, 0.4) is 0 Å². The van der Waals surface area contributed by atoms with Crippen LogP contribution in [0.25, 0.3) is 22.3 Å². The Morgan fingerprint density at radius 1 is 0.968 bits per heavy atom. The summed E-state index contributed by atoms with van der Waals surface area (Å²) >= 11 is 0. The van der Waals surface area contributed by atoms with Gasteiger partial charge in [-0.05, 0) is 61.6 Å². The molecule has 1 unspecified atom stereocenters. The van der Waals surface area contributed by atoms with Gasteiger partial charge < -0.3 is 15.0 Å². The molecule has 2 atom stereocenters. The Bertz CT molecular complexity index is 2710. The van der Waals surface area contributed by atoms with Crippen molar-refractivity contribution >= 4 is 28.9 Å². The standard InChI is InChI=1S/C42H39F7N10O4/c1-41(2,22-59-32(17-34(54-59)42(47,48)49)30-12-14-57(30)40(62)63-21-23-7-5-4-6-8-23)53-37(60)33(15-24-18-51-58(20-24)39(45)46)56-13-11-25-26(9-10-27(43)35(25)38(56)61)36-28(44)16-31-29(52-36)19-50-55(31)3/h4-10,16-20,30,33,39H,11-15,21-22H2,1-3H3,(H,53,60)/t30?,33-/m1/s1. The molecule has 330 valence electrons. The maximum absolute atomic E-state index is 15.8. The molecular weight excluding hydrogens is 842 g/mol. The minimum absolute atomic E-state index is 0.0335. The zero-order valence-corrected chi connectivity index (χ0v) is 33.9. The molecule has 2 aliphatic rings. The average Bonchev–Trinajstić information content (AvgIpc) is 3.95. The van der Waals surface area contributed by atoms with Crippen LogP contribution in [-0.2, 0) is 48.7 Å². The summed E-state index contributed by atoms with van der Waals surface area (Å²) in [6.07, 6.45) is -2.26. The molecule has 21 heteroatoms. The Morgan fingerprint density at radius 2 is 1.73 bits per heavy atom. The molecule has 6 heterocycles. The molecule has 0 bridgehead atoms. The number of aromatic nitrogens is 7. The minimum atomic E-state index is -4.86. The summed E-state index contributed by atoms with van der Waals surface area (Å²) in [6, 6.07) is 10.8. The lowest BCUT2D eigenvalue weighted by molar-refractivity contribution is -0.141. The predicted molar refractivity (Wildman–Crippen MR) is 210 cm³/mol. The van der Waals surface area contributed by atoms with E-state index in [-0.39, 0.29) is 67.2 Å². The Morgan fingerprint density at radius 3 is 2.41 bits per heavy atom. The summed E-state index contributed by atoms with van der Waals surface area (Å²) in [4.78, 5) is 48.7. The first kappa shape index (κ1) is 42.9. The summed E-state index contributed by atoms with van der Waals surface area (Å²) in [5.41, 5.74) is -1.35. The number of pyridine rings is 1. The van der Waals surface area contributed by atoms with E-state index in [2.05, 4.69) is 25.6 Å². The van der Waals surface area contributed by atoms with E-state index >= 15 is 8.78 Å². The van der Waals surface area contributed by atoms with Crippen LogP contribution in [0.15, 0.2) is 73.2 Å². The van der Waals surface area contributed by atoms with Crippen molar-refractivity contribution in [2.45, 2.75) is 76.6 Å². The van der Waals surface area contributed by atoms with Crippen molar-refractivity contribution in [1.82, 2.24) is 49.4 Å². The lowest BCUT2D eigenvalue weighted by Gasteiger charge is -2.41. The number of carbonyl (C=O) groups is 3. The number of hydrogen-bond acceptors (Lipinski definition) is 8. The smallest absolute Gasteiger partial charge is 0.435 e. The molecule has 2 aromatic carbocycles. The fraction of sp³-hybridized carbons (Fsp3) is 0.357. The predicted octanol–water partition coefficient (Wildman–Crippen LogP) is 7.01. The van der Waals surface area contributed by atoms with Gasteiger partial charge in [-0.25, -0.2) is 23.2 Å². The monoisotopic (exact) mass is 880 g/mol. The van der Waals surface area contributed by atoms with Crippen LogP contribution >= 0.6 is 0 Å². The molecular formula is C42H39F7N10O4. The van der Waals surface area contributed by atoms with E-state index < -0.39 is 71.1 Å². The summed E-state index contributed by atoms with van der Waals surface area (Å²) in [5.74, 6) is -3.52. The maximum atomic E-state index is 15.8. The third kappa shape index (κ3) is 8.55. The molecule has 0 saturated carbocycles. The number of nitrogens with zero attached hydrogens (tertiary/aromatic N) is 9. The van der Waals surface area contributed by atoms with Gasteiger partial charge in [0.25, 0.3) is 5.91 Å². The first-order chi connectivity index (χ1) is 29.9. The normalized spacial score (nSPS) is 16.0. The lowest BCUT2D eigenvalue weighted by Crippen LogP contribution is -2.58. The first-order valence-corrected chi connectivity index (χ1v) is 19.7. The number of likely N-dealkylation sites (tertiary alicyclic amines) is 1. The third-order valence-corrected chi connectivity index (χ3v) is 11.2. The number of carbonyl (C=O) groups excluding carboxylic acids is 3. The Labute approximate surface area is 354 Å². The van der Waals surface area contributed by atoms with Gasteiger partial charge in [0, 0.05) is 44.4 Å². The number of amides is 3. The fourth-order valence-electron chi connectivity index (χ4n) is 8.02. The number of alkyl halides is 5. The topological polar surface area (TPSA) is 145 Å². The van der Waals surface area contributed by atoms with Crippen molar-refractivity contribution in [2.75, 3.05) is 13.1 Å². The first-order valence-electron chi connectivity index (χ1n) is 19.7. The highest BCUT2D eigenvalue weighted by Gasteiger charge is 2.43. The van der Waals surface area contributed by atoms with Crippen LogP contribution in [-0.4, -0.2) is 86.7 Å². The van der Waals surface area contributed by atoms with Gasteiger partial charge in [0.2, 0.25) is 5.91 Å². The highest BCUT2D eigenvalue weighted by atomic mass is 19.4. The van der Waals surface area contributed by atoms with Crippen LogP contribution in [0.2, 0.25) is 0 Å². The van der Waals surface area contributed by atoms with Gasteiger partial charge in [0.15, 0.2) is 11.5 Å². The summed E-state index contributed by atoms with van der Waals surface area (Å²) in [5, 5.41) is 14.3. The maximum Gasteiger partial charge on any atom is 0.435 e. The van der Waals surface area contributed by atoms with Gasteiger partial charge in [-0.15, -0.1) is 0 Å². The quantitative estimate of drug-likeness (QED) is 0.129. The van der Waals surface area contributed by atoms with E-state index in [1.54, 1.807) is 37.4 Å².